The van der Waals surface area contributed by atoms with Crippen LogP contribution < -0.4 is 10.7 Å². The van der Waals surface area contributed by atoms with Gasteiger partial charge in [0, 0.05) is 12.2 Å². The molecule has 0 bridgehead atoms. The molecule has 29 heavy (non-hydrogen) atoms. The summed E-state index contributed by atoms with van der Waals surface area (Å²) >= 11 is 1.26. The van der Waals surface area contributed by atoms with Crippen LogP contribution in [-0.2, 0) is 4.79 Å². The Hall–Kier alpha value is -3.04. The quantitative estimate of drug-likeness (QED) is 0.652. The Morgan fingerprint density at radius 3 is 2.59 bits per heavy atom. The minimum absolute atomic E-state index is 0.000735. The first-order valence-corrected chi connectivity index (χ1v) is 10.5. The number of imidazole rings is 1. The lowest BCUT2D eigenvalue weighted by atomic mass is 10.0. The van der Waals surface area contributed by atoms with E-state index < -0.39 is 0 Å². The van der Waals surface area contributed by atoms with Crippen LogP contribution >= 0.6 is 11.8 Å². The molecule has 6 heteroatoms. The van der Waals surface area contributed by atoms with Crippen molar-refractivity contribution < 1.29 is 4.79 Å². The minimum atomic E-state index is 0.000735. The van der Waals surface area contributed by atoms with Crippen molar-refractivity contribution in [1.29, 1.82) is 5.26 Å². The molecule has 1 aromatic rings. The summed E-state index contributed by atoms with van der Waals surface area (Å²) in [4.78, 5) is 19.3. The summed E-state index contributed by atoms with van der Waals surface area (Å²) < 4.78 is 1.42. The summed E-state index contributed by atoms with van der Waals surface area (Å²) in [5, 5.41) is 11.3. The Morgan fingerprint density at radius 1 is 1.24 bits per heavy atom. The molecule has 1 aliphatic rings. The lowest BCUT2D eigenvalue weighted by Gasteiger charge is -2.30. The van der Waals surface area contributed by atoms with Crippen LogP contribution in [-0.4, -0.2) is 32.7 Å². The number of rotatable bonds is 7. The molecular weight excluding hydrogens is 380 g/mol. The average molecular weight is 407 g/mol. The van der Waals surface area contributed by atoms with Crippen LogP contribution in [0.1, 0.15) is 26.7 Å². The summed E-state index contributed by atoms with van der Waals surface area (Å²) in [5.74, 6) is 0.199. The van der Waals surface area contributed by atoms with Crippen LogP contribution in [0.15, 0.2) is 66.0 Å². The smallest absolute Gasteiger partial charge is 0.237 e. The molecule has 0 spiro atoms. The van der Waals surface area contributed by atoms with E-state index in [1.807, 2.05) is 37.0 Å². The number of amides is 1. The molecule has 2 heterocycles. The highest BCUT2D eigenvalue weighted by Gasteiger charge is 2.23. The number of nitrogens with zero attached hydrogens (tertiary/aromatic N) is 4. The highest BCUT2D eigenvalue weighted by molar-refractivity contribution is 7.99. The fourth-order valence-electron chi connectivity index (χ4n) is 3.16. The summed E-state index contributed by atoms with van der Waals surface area (Å²) in [6, 6.07) is 0. The molecule has 2 rings (SSSR count). The highest BCUT2D eigenvalue weighted by Crippen LogP contribution is 2.26. The van der Waals surface area contributed by atoms with Gasteiger partial charge in [-0.05, 0) is 50.5 Å². The topological polar surface area (TPSA) is 61.9 Å². The first kappa shape index (κ1) is 22.3. The van der Waals surface area contributed by atoms with Gasteiger partial charge in [-0.1, -0.05) is 55.3 Å². The van der Waals surface area contributed by atoms with Crippen LogP contribution in [0, 0.1) is 11.5 Å². The van der Waals surface area contributed by atoms with Crippen LogP contribution in [0.25, 0.3) is 12.2 Å². The van der Waals surface area contributed by atoms with Gasteiger partial charge in [-0.2, -0.15) is 5.26 Å². The predicted octanol–water partition coefficient (Wildman–Crippen LogP) is 3.27. The third-order valence-electron chi connectivity index (χ3n) is 4.33. The predicted molar refractivity (Wildman–Crippen MR) is 120 cm³/mol. The van der Waals surface area contributed by atoms with Crippen molar-refractivity contribution in [3.63, 3.8) is 0 Å². The number of carbonyl (C=O) groups is 1. The zero-order valence-corrected chi connectivity index (χ0v) is 17.8. The molecule has 1 aliphatic heterocycles. The Morgan fingerprint density at radius 2 is 1.97 bits per heavy atom. The SMILES string of the molecule is C=C/C=c1/nc(SCC(=O)N2CCCC(/C=C\C)=C2/C=C\C)n(C#N)/c1=C/C=C. The molecule has 5 nitrogen and oxygen atoms in total. The molecule has 0 aliphatic carbocycles. The second kappa shape index (κ2) is 11.1. The third kappa shape index (κ3) is 5.27. The van der Waals surface area contributed by atoms with E-state index in [0.29, 0.717) is 22.4 Å². The van der Waals surface area contributed by atoms with Crippen LogP contribution in [0.2, 0.25) is 0 Å². The van der Waals surface area contributed by atoms with E-state index in [4.69, 9.17) is 0 Å². The summed E-state index contributed by atoms with van der Waals surface area (Å²) in [6.07, 6.45) is 18.7. The second-order valence-corrected chi connectivity index (χ2v) is 7.20. The Labute approximate surface area is 176 Å². The van der Waals surface area contributed by atoms with E-state index in [1.165, 1.54) is 21.9 Å². The standard InChI is InChI=1S/C23H26N4OS/c1-5-10-18-14-9-15-26(20(18)12-7-3)22(28)16-29-23-25-19(11-6-2)21(13-8-4)27(23)17-24/h5-8,10-13H,2,4,9,14-16H2,1,3H3/b10-5-,12-7-,19-11+,21-13+. The molecular formula is C23H26N4OS. The number of aromatic nitrogens is 2. The van der Waals surface area contributed by atoms with Crippen molar-refractivity contribution in [2.75, 3.05) is 12.3 Å². The Kier molecular flexibility index (Phi) is 8.50. The van der Waals surface area contributed by atoms with Crippen molar-refractivity contribution in [1.82, 2.24) is 14.5 Å². The number of carbonyl (C=O) groups excluding carboxylic acids is 1. The molecule has 1 amide bonds. The van der Waals surface area contributed by atoms with Crippen LogP contribution in [0.3, 0.4) is 0 Å². The van der Waals surface area contributed by atoms with Gasteiger partial charge in [0.25, 0.3) is 0 Å². The number of hydrogen-bond donors (Lipinski definition) is 0. The first-order chi connectivity index (χ1) is 14.1. The van der Waals surface area contributed by atoms with E-state index >= 15 is 0 Å². The van der Waals surface area contributed by atoms with E-state index in [1.54, 1.807) is 24.3 Å². The Balaban J connectivity index is 2.33. The normalized spacial score (nSPS) is 16.1. The maximum Gasteiger partial charge on any atom is 0.237 e. The molecule has 0 saturated heterocycles. The number of allylic oxidation sites excluding steroid dienone is 7. The van der Waals surface area contributed by atoms with Crippen molar-refractivity contribution in [2.45, 2.75) is 31.8 Å². The van der Waals surface area contributed by atoms with Gasteiger partial charge in [-0.3, -0.25) is 4.79 Å². The van der Waals surface area contributed by atoms with Crippen LogP contribution in [0.4, 0.5) is 0 Å². The lowest BCUT2D eigenvalue weighted by Crippen LogP contribution is -2.35. The minimum Gasteiger partial charge on any atom is -0.311 e. The van der Waals surface area contributed by atoms with Crippen molar-refractivity contribution in [3.05, 3.63) is 71.6 Å². The summed E-state index contributed by atoms with van der Waals surface area (Å²) in [6.45, 7) is 12.0. The summed E-state index contributed by atoms with van der Waals surface area (Å²) in [7, 11) is 0. The second-order valence-electron chi connectivity index (χ2n) is 6.25. The largest absolute Gasteiger partial charge is 0.311 e. The maximum atomic E-state index is 13.0. The molecule has 1 aromatic heterocycles. The monoisotopic (exact) mass is 406 g/mol. The first-order valence-electron chi connectivity index (χ1n) is 9.47. The zero-order chi connectivity index (χ0) is 21.2. The fraction of sp³-hybridized carbons (Fsp3) is 0.261. The van der Waals surface area contributed by atoms with E-state index in [9.17, 15) is 10.1 Å². The molecule has 0 radical (unpaired) electrons. The molecule has 150 valence electrons. The highest BCUT2D eigenvalue weighted by atomic mass is 32.2. The molecule has 0 N–H and O–H groups in total. The molecule has 0 unspecified atom stereocenters. The van der Waals surface area contributed by atoms with Gasteiger partial charge in [0.2, 0.25) is 5.91 Å². The van der Waals surface area contributed by atoms with E-state index in [0.717, 1.165) is 18.5 Å². The van der Waals surface area contributed by atoms with Gasteiger partial charge in [0.15, 0.2) is 11.3 Å². The van der Waals surface area contributed by atoms with Gasteiger partial charge in [-0.15, -0.1) is 0 Å². The molecule has 0 aromatic carbocycles. The molecule has 0 saturated carbocycles. The maximum absolute atomic E-state index is 13.0. The van der Waals surface area contributed by atoms with E-state index in [2.05, 4.69) is 30.4 Å². The zero-order valence-electron chi connectivity index (χ0n) is 17.0. The van der Waals surface area contributed by atoms with Crippen molar-refractivity contribution >= 4 is 29.8 Å². The van der Waals surface area contributed by atoms with Crippen molar-refractivity contribution in [3.8, 4) is 6.19 Å². The molecule has 0 fully saturated rings. The number of hydrogen-bond acceptors (Lipinski definition) is 4. The van der Waals surface area contributed by atoms with Gasteiger partial charge in [0.1, 0.15) is 0 Å². The third-order valence-corrected chi connectivity index (χ3v) is 5.25. The van der Waals surface area contributed by atoms with Gasteiger partial charge in [0.05, 0.1) is 16.5 Å². The summed E-state index contributed by atoms with van der Waals surface area (Å²) in [5.41, 5.74) is 2.12. The number of nitriles is 1. The van der Waals surface area contributed by atoms with Gasteiger partial charge >= 0.3 is 0 Å². The Bertz CT molecular complexity index is 1030. The van der Waals surface area contributed by atoms with Crippen LogP contribution in [0.5, 0.6) is 0 Å². The molecule has 0 atom stereocenters. The van der Waals surface area contributed by atoms with E-state index in [-0.39, 0.29) is 11.7 Å². The number of thioether (sulfide) groups is 1. The lowest BCUT2D eigenvalue weighted by molar-refractivity contribution is -0.126. The average Bonchev–Trinajstić information content (AvgIpc) is 3.04. The van der Waals surface area contributed by atoms with Crippen molar-refractivity contribution in [2.24, 2.45) is 0 Å². The van der Waals surface area contributed by atoms with Gasteiger partial charge < -0.3 is 4.90 Å². The van der Waals surface area contributed by atoms with Gasteiger partial charge in [-0.25, -0.2) is 9.55 Å². The fourth-order valence-corrected chi connectivity index (χ4v) is 4.00.